The van der Waals surface area contributed by atoms with E-state index in [4.69, 9.17) is 30.2 Å². The highest BCUT2D eigenvalue weighted by atomic mass is 32.2. The van der Waals surface area contributed by atoms with Gasteiger partial charge in [-0.1, -0.05) is 41.5 Å². The van der Waals surface area contributed by atoms with Crippen molar-refractivity contribution < 1.29 is 83.5 Å². The average Bonchev–Trinajstić information content (AvgIpc) is 3.30. The fourth-order valence-corrected chi connectivity index (χ4v) is 7.23. The van der Waals surface area contributed by atoms with Gasteiger partial charge in [-0.15, -0.1) is 11.8 Å². The van der Waals surface area contributed by atoms with Crippen LogP contribution in [0, 0.1) is 5.92 Å². The lowest BCUT2D eigenvalue weighted by Crippen LogP contribution is -2.42. The first-order chi connectivity index (χ1) is 33.1. The molecule has 0 saturated carbocycles. The molecule has 1 rings (SSSR count). The molecule has 1 aromatic carbocycles. The van der Waals surface area contributed by atoms with Crippen LogP contribution >= 0.6 is 21.2 Å². The van der Waals surface area contributed by atoms with Crippen molar-refractivity contribution in [3.8, 4) is 5.75 Å². The second-order valence-corrected chi connectivity index (χ2v) is 16.9. The van der Waals surface area contributed by atoms with Crippen LogP contribution in [0.1, 0.15) is 102 Å². The summed E-state index contributed by atoms with van der Waals surface area (Å²) >= 11 is 1.09. The van der Waals surface area contributed by atoms with Gasteiger partial charge in [-0.2, -0.15) is 0 Å². The fraction of sp³-hybridized carbons (Fsp3) is 0.667. The van der Waals surface area contributed by atoms with Gasteiger partial charge in [-0.25, -0.2) is 9.59 Å². The molecule has 0 aromatic heterocycles. The summed E-state index contributed by atoms with van der Waals surface area (Å²) in [5, 5.41) is 38.3. The molecule has 0 saturated heterocycles. The minimum atomic E-state index is -1.19. The molecule has 0 aliphatic rings. The number of hydrogen-bond donors (Lipinski definition) is 7. The summed E-state index contributed by atoms with van der Waals surface area (Å²) < 4.78 is 33.9. The monoisotopic (exact) mass is 1000 g/mol. The van der Waals surface area contributed by atoms with E-state index in [9.17, 15) is 53.4 Å². The molecule has 21 nitrogen and oxygen atoms in total. The second kappa shape index (κ2) is 40.3. The molecule has 0 bridgehead atoms. The quantitative estimate of drug-likeness (QED) is 0.0280. The Balaban J connectivity index is 1.98. The minimum Gasteiger partial charge on any atom is -0.494 e. The zero-order chi connectivity index (χ0) is 51.1. The molecule has 23 heteroatoms. The first-order valence-corrected chi connectivity index (χ1v) is 24.5. The Labute approximate surface area is 405 Å². The van der Waals surface area contributed by atoms with E-state index in [-0.39, 0.29) is 126 Å². The second-order valence-electron chi connectivity index (χ2n) is 15.5. The van der Waals surface area contributed by atoms with Crippen LogP contribution in [0.5, 0.6) is 5.75 Å². The van der Waals surface area contributed by atoms with Crippen molar-refractivity contribution in [2.45, 2.75) is 102 Å². The number of unbranched alkanes of at least 4 members (excludes halogenated alkanes) is 7. The largest absolute Gasteiger partial charge is 0.494 e. The molecule has 0 heterocycles. The van der Waals surface area contributed by atoms with Crippen LogP contribution < -0.4 is 25.8 Å². The summed E-state index contributed by atoms with van der Waals surface area (Å²) in [5.41, 5.74) is 0.210. The van der Waals surface area contributed by atoms with Crippen molar-refractivity contribution in [1.29, 1.82) is 0 Å². The SMILES string of the molecule is [3H]C(=O)[C@H](CSCC(=O)N[C@@H](CCCCNC(=O)COCCOCC(=O)COCCOCCNC(=O)CC[C@H](CC(=O)CCCCCCCCCOc1ccc(C(=O)O)cc1)C(=O)O)C(=O)O)NP. The number of hydrogen-bond acceptors (Lipinski definition) is 16. The fourth-order valence-electron chi connectivity index (χ4n) is 6.09. The number of aldehydes is 1. The van der Waals surface area contributed by atoms with E-state index in [2.05, 4.69) is 30.4 Å². The Hall–Kier alpha value is -4.57. The molecule has 1 unspecified atom stereocenters. The average molecular weight is 1010 g/mol. The van der Waals surface area contributed by atoms with Gasteiger partial charge in [0.1, 0.15) is 45.0 Å². The maximum Gasteiger partial charge on any atom is 0.335 e. The lowest BCUT2D eigenvalue weighted by Gasteiger charge is -2.15. The number of carboxylic acids is 3. The normalized spacial score (nSPS) is 12.5. The van der Waals surface area contributed by atoms with Crippen LogP contribution in [0.4, 0.5) is 0 Å². The maximum absolute atomic E-state index is 12.4. The van der Waals surface area contributed by atoms with Gasteiger partial charge in [0.25, 0.3) is 0 Å². The number of carboxylic acid groups (broad SMARTS) is 3. The Morgan fingerprint density at radius 2 is 1.26 bits per heavy atom. The van der Waals surface area contributed by atoms with Gasteiger partial charge < -0.3 is 59.7 Å². The molecule has 0 aliphatic carbocycles. The molecule has 384 valence electrons. The maximum atomic E-state index is 12.4. The highest BCUT2D eigenvalue weighted by molar-refractivity contribution is 8.00. The molecule has 0 spiro atoms. The zero-order valence-corrected chi connectivity index (χ0v) is 40.6. The van der Waals surface area contributed by atoms with Crippen molar-refractivity contribution in [3.05, 3.63) is 29.8 Å². The molecular formula is C45H71N4O17PS. The number of benzene rings is 1. The van der Waals surface area contributed by atoms with E-state index >= 15 is 0 Å². The molecule has 1 aromatic rings. The van der Waals surface area contributed by atoms with Crippen LogP contribution in [-0.4, -0.2) is 165 Å². The van der Waals surface area contributed by atoms with E-state index in [0.717, 1.165) is 50.3 Å². The third kappa shape index (κ3) is 33.8. The van der Waals surface area contributed by atoms with E-state index in [0.29, 0.717) is 38.0 Å². The summed E-state index contributed by atoms with van der Waals surface area (Å²) in [7, 11) is 2.14. The number of amides is 3. The lowest BCUT2D eigenvalue weighted by atomic mass is 9.94. The summed E-state index contributed by atoms with van der Waals surface area (Å²) in [4.78, 5) is 106. The summed E-state index contributed by atoms with van der Waals surface area (Å²) in [5.74, 6) is -5.21. The number of nitrogens with one attached hydrogen (secondary N) is 4. The number of thioether (sulfide) groups is 1. The topological polar surface area (TPSA) is 309 Å². The summed E-state index contributed by atoms with van der Waals surface area (Å²) in [6.45, 7) is 0.862. The van der Waals surface area contributed by atoms with Crippen molar-refractivity contribution in [3.63, 3.8) is 0 Å². The predicted octanol–water partition coefficient (Wildman–Crippen LogP) is 2.61. The highest BCUT2D eigenvalue weighted by Gasteiger charge is 2.22. The number of carbonyl (C=O) groups excluding carboxylic acids is 6. The number of rotatable bonds is 46. The van der Waals surface area contributed by atoms with Crippen LogP contribution in [0.2, 0.25) is 0 Å². The molecule has 4 atom stereocenters. The summed E-state index contributed by atoms with van der Waals surface area (Å²) in [6, 6.07) is 4.42. The minimum absolute atomic E-state index is 0.0375. The number of carbonyl (C=O) groups is 9. The third-order valence-electron chi connectivity index (χ3n) is 9.82. The highest BCUT2D eigenvalue weighted by Crippen LogP contribution is 2.17. The van der Waals surface area contributed by atoms with E-state index in [1.54, 1.807) is 12.1 Å². The molecule has 3 amide bonds. The van der Waals surface area contributed by atoms with E-state index in [1.807, 2.05) is 0 Å². The van der Waals surface area contributed by atoms with Gasteiger partial charge in [-0.3, -0.25) is 33.9 Å². The van der Waals surface area contributed by atoms with Gasteiger partial charge in [0, 0.05) is 38.1 Å². The molecule has 0 aliphatic heterocycles. The molecule has 68 heavy (non-hydrogen) atoms. The number of aliphatic carboxylic acids is 2. The first kappa shape index (κ1) is 59.6. The van der Waals surface area contributed by atoms with Gasteiger partial charge in [0.05, 0.1) is 62.9 Å². The molecule has 0 fully saturated rings. The first-order valence-electron chi connectivity index (χ1n) is 23.3. The number of ketones is 2. The van der Waals surface area contributed by atoms with Crippen LogP contribution in [0.15, 0.2) is 24.3 Å². The van der Waals surface area contributed by atoms with Crippen molar-refractivity contribution in [1.82, 2.24) is 21.0 Å². The van der Waals surface area contributed by atoms with Crippen LogP contribution in [0.25, 0.3) is 0 Å². The Kier molecular flexibility index (Phi) is 35.3. The van der Waals surface area contributed by atoms with Gasteiger partial charge in [-0.05, 0) is 62.8 Å². The van der Waals surface area contributed by atoms with Crippen LogP contribution in [0.3, 0.4) is 0 Å². The summed E-state index contributed by atoms with van der Waals surface area (Å²) in [6.07, 6.45) is 6.77. The molecule has 0 radical (unpaired) electrons. The van der Waals surface area contributed by atoms with Gasteiger partial charge in [0.2, 0.25) is 17.7 Å². The predicted molar refractivity (Wildman–Crippen MR) is 254 cm³/mol. The van der Waals surface area contributed by atoms with Crippen molar-refractivity contribution in [2.24, 2.45) is 5.92 Å². The Morgan fingerprint density at radius 1 is 0.647 bits per heavy atom. The number of aromatic carboxylic acids is 1. The zero-order valence-electron chi connectivity index (χ0n) is 39.7. The standard InChI is InChI=1S/C45H71N4O17PS/c50-27-35(49-67)31-68-32-42(55)48-39(45(60)61)11-7-8-18-46-41(54)30-65-25-24-64-29-37(52)28-63-23-22-62-21-19-47-40(53)17-14-34(44(58)59)26-36(51)10-6-4-2-1-3-5-9-20-66-38-15-12-33(13-16-38)43(56)57/h12-13,15-16,27,34-35,39,49H,1-11,14,17-26,28-32,67H2,(H,46,54)(H,47,53)(H,48,55)(H,56,57)(H,58,59)(H,60,61)/t34-,35-,39+/m1/s1/i27T. The van der Waals surface area contributed by atoms with Gasteiger partial charge in [0.15, 0.2) is 5.78 Å². The van der Waals surface area contributed by atoms with Gasteiger partial charge >= 0.3 is 17.9 Å². The van der Waals surface area contributed by atoms with Crippen molar-refractivity contribution >= 4 is 74.6 Å². The Bertz CT molecular complexity index is 1710. The third-order valence-corrected chi connectivity index (χ3v) is 11.3. The Morgan fingerprint density at radius 3 is 1.88 bits per heavy atom. The van der Waals surface area contributed by atoms with Crippen LogP contribution in [-0.2, 0) is 57.3 Å². The van der Waals surface area contributed by atoms with E-state index in [1.165, 1.54) is 12.1 Å². The number of Topliss-reactive ketones (excluding diaryl/α,β-unsaturated/α-hetero) is 2. The molecular weight excluding hydrogens is 932 g/mol. The number of ether oxygens (including phenoxy) is 5. The molecule has 7 N–H and O–H groups in total. The van der Waals surface area contributed by atoms with E-state index < -0.39 is 54.0 Å². The van der Waals surface area contributed by atoms with Crippen molar-refractivity contribution in [2.75, 3.05) is 84.1 Å². The lowest BCUT2D eigenvalue weighted by molar-refractivity contribution is -0.144. The smallest absolute Gasteiger partial charge is 0.335 e.